The number of carbonyl (C=O) groups excluding carboxylic acids is 1. The molecular weight excluding hydrogens is 186 g/mol. The van der Waals surface area contributed by atoms with Gasteiger partial charge in [-0.1, -0.05) is 30.4 Å². The monoisotopic (exact) mass is 195 g/mol. The smallest absolute Gasteiger partial charge is 0.259 e. The van der Waals surface area contributed by atoms with E-state index in [9.17, 15) is 4.79 Å². The number of ether oxygens (including phenoxy) is 1. The molecule has 0 atom stereocenters. The number of benzene rings is 1. The lowest BCUT2D eigenvalue weighted by Crippen LogP contribution is -2.26. The summed E-state index contributed by atoms with van der Waals surface area (Å²) in [5.41, 5.74) is 4.94. The maximum Gasteiger partial charge on any atom is 0.259 e. The Kier molecular flexibility index (Phi) is 3.40. The quantitative estimate of drug-likeness (QED) is 0.727. The summed E-state index contributed by atoms with van der Waals surface area (Å²) in [4.78, 5) is 10.6. The van der Waals surface area contributed by atoms with Crippen molar-refractivity contribution < 1.29 is 9.53 Å². The first-order valence-electron chi connectivity index (χ1n) is 3.70. The summed E-state index contributed by atoms with van der Waals surface area (Å²) in [6.45, 7) is 0.0642. The van der Waals surface area contributed by atoms with Crippen molar-refractivity contribution in [2.75, 3.05) is 6.61 Å². The molecule has 0 spiro atoms. The van der Waals surface area contributed by atoms with E-state index in [-0.39, 0.29) is 11.5 Å². The van der Waals surface area contributed by atoms with Crippen LogP contribution in [-0.4, -0.2) is 17.4 Å². The Labute approximate surface area is 81.5 Å². The summed E-state index contributed by atoms with van der Waals surface area (Å²) in [6, 6.07) is 9.11. The molecular formula is C9H9NO2S. The van der Waals surface area contributed by atoms with Gasteiger partial charge in [0.25, 0.3) is 5.91 Å². The van der Waals surface area contributed by atoms with E-state index in [1.807, 2.05) is 18.2 Å². The number of carbonyl (C=O) groups is 1. The minimum Gasteiger partial charge on any atom is -0.488 e. The maximum atomic E-state index is 10.5. The van der Waals surface area contributed by atoms with E-state index in [0.717, 1.165) is 0 Å². The minimum absolute atomic E-state index is 0.0642. The molecule has 0 heterocycles. The highest BCUT2D eigenvalue weighted by Gasteiger charge is 2.03. The van der Waals surface area contributed by atoms with Crippen LogP contribution < -0.4 is 10.5 Å². The van der Waals surface area contributed by atoms with Crippen LogP contribution >= 0.6 is 12.2 Å². The summed E-state index contributed by atoms with van der Waals surface area (Å²) < 4.78 is 5.19. The van der Waals surface area contributed by atoms with Crippen molar-refractivity contribution >= 4 is 23.0 Å². The van der Waals surface area contributed by atoms with Crippen LogP contribution in [0.3, 0.4) is 0 Å². The molecule has 0 bridgehead atoms. The lowest BCUT2D eigenvalue weighted by Gasteiger charge is -2.03. The number of hydrogen-bond acceptors (Lipinski definition) is 3. The number of thiocarbonyl (C=S) groups is 1. The molecule has 1 aromatic carbocycles. The third-order valence-electron chi connectivity index (χ3n) is 1.39. The number of amides is 1. The van der Waals surface area contributed by atoms with Crippen LogP contribution in [0.5, 0.6) is 5.75 Å². The largest absolute Gasteiger partial charge is 0.488 e. The van der Waals surface area contributed by atoms with E-state index in [4.69, 9.17) is 10.5 Å². The number of para-hydroxylation sites is 1. The Morgan fingerprint density at radius 3 is 2.54 bits per heavy atom. The molecule has 4 heteroatoms. The van der Waals surface area contributed by atoms with Crippen LogP contribution in [0.4, 0.5) is 0 Å². The third-order valence-corrected chi connectivity index (χ3v) is 1.71. The Morgan fingerprint density at radius 2 is 2.00 bits per heavy atom. The first kappa shape index (κ1) is 9.67. The van der Waals surface area contributed by atoms with Crippen LogP contribution in [0.25, 0.3) is 0 Å². The van der Waals surface area contributed by atoms with Gasteiger partial charge in [0.2, 0.25) is 0 Å². The first-order chi connectivity index (χ1) is 6.20. The van der Waals surface area contributed by atoms with E-state index in [0.29, 0.717) is 5.75 Å². The van der Waals surface area contributed by atoms with Crippen molar-refractivity contribution in [3.8, 4) is 5.75 Å². The maximum absolute atomic E-state index is 10.5. The molecule has 0 saturated carbocycles. The molecule has 2 N–H and O–H groups in total. The van der Waals surface area contributed by atoms with Crippen LogP contribution in [0.1, 0.15) is 0 Å². The summed E-state index contributed by atoms with van der Waals surface area (Å²) in [5, 5.41) is 0. The fourth-order valence-corrected chi connectivity index (χ4v) is 0.796. The summed E-state index contributed by atoms with van der Waals surface area (Å²) >= 11 is 4.68. The van der Waals surface area contributed by atoms with Crippen molar-refractivity contribution in [3.63, 3.8) is 0 Å². The van der Waals surface area contributed by atoms with Crippen LogP contribution in [-0.2, 0) is 4.79 Å². The standard InChI is InChI=1S/C9H9NO2S/c10-9(11)8(13)6-12-7-4-2-1-3-5-7/h1-5H,6H2,(H2,10,11). The van der Waals surface area contributed by atoms with Crippen LogP contribution in [0, 0.1) is 0 Å². The highest BCUT2D eigenvalue weighted by atomic mass is 32.1. The molecule has 0 unspecified atom stereocenters. The number of rotatable bonds is 4. The Bertz CT molecular complexity index is 311. The second-order valence-electron chi connectivity index (χ2n) is 2.39. The van der Waals surface area contributed by atoms with Gasteiger partial charge < -0.3 is 10.5 Å². The fraction of sp³-hybridized carbons (Fsp3) is 0.111. The average Bonchev–Trinajstić information content (AvgIpc) is 2.15. The average molecular weight is 195 g/mol. The Hall–Kier alpha value is -1.42. The lowest BCUT2D eigenvalue weighted by atomic mass is 10.3. The second-order valence-corrected chi connectivity index (χ2v) is 2.88. The molecule has 0 radical (unpaired) electrons. The highest BCUT2D eigenvalue weighted by Crippen LogP contribution is 2.07. The zero-order chi connectivity index (χ0) is 9.68. The van der Waals surface area contributed by atoms with Crippen LogP contribution in [0.15, 0.2) is 30.3 Å². The van der Waals surface area contributed by atoms with Gasteiger partial charge >= 0.3 is 0 Å². The molecule has 0 fully saturated rings. The van der Waals surface area contributed by atoms with E-state index in [2.05, 4.69) is 12.2 Å². The van der Waals surface area contributed by atoms with Gasteiger partial charge in [0, 0.05) is 0 Å². The molecule has 0 aromatic heterocycles. The van der Waals surface area contributed by atoms with E-state index >= 15 is 0 Å². The molecule has 0 aliphatic heterocycles. The number of primary amides is 1. The molecule has 68 valence electrons. The number of nitrogens with two attached hydrogens (primary N) is 1. The SMILES string of the molecule is NC(=O)C(=S)COc1ccccc1. The fourth-order valence-electron chi connectivity index (χ4n) is 0.737. The van der Waals surface area contributed by atoms with Gasteiger partial charge in [-0.05, 0) is 12.1 Å². The zero-order valence-corrected chi connectivity index (χ0v) is 7.71. The van der Waals surface area contributed by atoms with Crippen molar-refractivity contribution in [2.45, 2.75) is 0 Å². The predicted molar refractivity (Wildman–Crippen MR) is 53.7 cm³/mol. The van der Waals surface area contributed by atoms with Gasteiger partial charge in [0.05, 0.1) is 0 Å². The first-order valence-corrected chi connectivity index (χ1v) is 4.11. The molecule has 1 amide bonds. The van der Waals surface area contributed by atoms with E-state index < -0.39 is 5.91 Å². The molecule has 3 nitrogen and oxygen atoms in total. The van der Waals surface area contributed by atoms with Gasteiger partial charge in [-0.15, -0.1) is 0 Å². The topological polar surface area (TPSA) is 52.3 Å². The third kappa shape index (κ3) is 3.21. The molecule has 0 aliphatic carbocycles. The lowest BCUT2D eigenvalue weighted by molar-refractivity contribution is -0.112. The molecule has 1 aromatic rings. The normalized spacial score (nSPS) is 9.23. The van der Waals surface area contributed by atoms with Gasteiger partial charge in [-0.3, -0.25) is 4.79 Å². The van der Waals surface area contributed by atoms with Gasteiger partial charge in [-0.25, -0.2) is 0 Å². The molecule has 1 rings (SSSR count). The Morgan fingerprint density at radius 1 is 1.38 bits per heavy atom. The number of hydrogen-bond donors (Lipinski definition) is 1. The van der Waals surface area contributed by atoms with Gasteiger partial charge in [0.1, 0.15) is 17.2 Å². The summed E-state index contributed by atoms with van der Waals surface area (Å²) in [6.07, 6.45) is 0. The Balaban J connectivity index is 2.44. The molecule has 13 heavy (non-hydrogen) atoms. The van der Waals surface area contributed by atoms with Gasteiger partial charge in [0.15, 0.2) is 0 Å². The summed E-state index contributed by atoms with van der Waals surface area (Å²) in [5.74, 6) is 0.0667. The van der Waals surface area contributed by atoms with Gasteiger partial charge in [-0.2, -0.15) is 0 Å². The molecule has 0 saturated heterocycles. The highest BCUT2D eigenvalue weighted by molar-refractivity contribution is 7.82. The van der Waals surface area contributed by atoms with Crippen molar-refractivity contribution in [3.05, 3.63) is 30.3 Å². The predicted octanol–water partition coefficient (Wildman–Crippen LogP) is 0.921. The second kappa shape index (κ2) is 4.57. The summed E-state index contributed by atoms with van der Waals surface area (Å²) in [7, 11) is 0. The van der Waals surface area contributed by atoms with Crippen LogP contribution in [0.2, 0.25) is 0 Å². The van der Waals surface area contributed by atoms with E-state index in [1.165, 1.54) is 0 Å². The minimum atomic E-state index is -0.606. The molecule has 0 aliphatic rings. The van der Waals surface area contributed by atoms with Crippen molar-refractivity contribution in [1.29, 1.82) is 0 Å². The zero-order valence-electron chi connectivity index (χ0n) is 6.90. The van der Waals surface area contributed by atoms with Crippen molar-refractivity contribution in [2.24, 2.45) is 5.73 Å². The van der Waals surface area contributed by atoms with E-state index in [1.54, 1.807) is 12.1 Å². The van der Waals surface area contributed by atoms with Crippen molar-refractivity contribution in [1.82, 2.24) is 0 Å².